The number of benzene rings is 1. The molecule has 0 atom stereocenters. The highest BCUT2D eigenvalue weighted by Crippen LogP contribution is 2.26. The molecule has 1 amide bonds. The zero-order valence-electron chi connectivity index (χ0n) is 11.7. The lowest BCUT2D eigenvalue weighted by atomic mass is 10.2. The number of nitro groups is 1. The van der Waals surface area contributed by atoms with E-state index in [1.807, 2.05) is 6.07 Å². The number of nitrogens with one attached hydrogen (secondary N) is 1. The fourth-order valence-corrected chi connectivity index (χ4v) is 2.81. The first-order valence-corrected chi connectivity index (χ1v) is 7.54. The van der Waals surface area contributed by atoms with Crippen LogP contribution in [0.3, 0.4) is 0 Å². The second-order valence-electron chi connectivity index (χ2n) is 4.43. The van der Waals surface area contributed by atoms with Gasteiger partial charge in [-0.05, 0) is 25.1 Å². The average molecular weight is 341 g/mol. The third-order valence-corrected chi connectivity index (χ3v) is 4.13. The molecule has 0 aliphatic carbocycles. The first-order chi connectivity index (χ1) is 10.5. The maximum absolute atomic E-state index is 11.7. The molecule has 0 spiro atoms. The van der Waals surface area contributed by atoms with Crippen LogP contribution in [0.4, 0.5) is 5.69 Å². The van der Waals surface area contributed by atoms with Crippen LogP contribution >= 0.6 is 22.9 Å². The lowest BCUT2D eigenvalue weighted by Gasteiger charge is -2.09. The van der Waals surface area contributed by atoms with Crippen molar-refractivity contribution < 1.29 is 14.5 Å². The van der Waals surface area contributed by atoms with Crippen molar-refractivity contribution in [3.8, 4) is 5.75 Å². The fraction of sp³-hybridized carbons (Fsp3) is 0.214. The largest absolute Gasteiger partial charge is 0.483 e. The summed E-state index contributed by atoms with van der Waals surface area (Å²) >= 11 is 7.19. The number of nitrogens with zero attached hydrogens (tertiary/aromatic N) is 1. The van der Waals surface area contributed by atoms with Gasteiger partial charge < -0.3 is 10.1 Å². The van der Waals surface area contributed by atoms with E-state index in [1.54, 1.807) is 19.1 Å². The molecule has 1 heterocycles. The van der Waals surface area contributed by atoms with Gasteiger partial charge >= 0.3 is 0 Å². The molecule has 1 N–H and O–H groups in total. The summed E-state index contributed by atoms with van der Waals surface area (Å²) in [6.07, 6.45) is 0. The average Bonchev–Trinajstić information content (AvgIpc) is 2.89. The Balaban J connectivity index is 1.88. The Morgan fingerprint density at radius 3 is 2.82 bits per heavy atom. The molecule has 6 nitrogen and oxygen atoms in total. The number of hydrogen-bond acceptors (Lipinski definition) is 5. The molecule has 0 radical (unpaired) electrons. The molecule has 1 aromatic heterocycles. The van der Waals surface area contributed by atoms with E-state index >= 15 is 0 Å². The minimum Gasteiger partial charge on any atom is -0.483 e. The number of carbonyl (C=O) groups is 1. The summed E-state index contributed by atoms with van der Waals surface area (Å²) in [4.78, 5) is 23.0. The predicted octanol–water partition coefficient (Wildman–Crippen LogP) is 3.31. The van der Waals surface area contributed by atoms with Gasteiger partial charge in [0, 0.05) is 10.9 Å². The summed E-state index contributed by atoms with van der Waals surface area (Å²) in [5.41, 5.74) is 0.358. The summed E-state index contributed by atoms with van der Waals surface area (Å²) < 4.78 is 6.00. The van der Waals surface area contributed by atoms with Crippen molar-refractivity contribution in [2.45, 2.75) is 13.5 Å². The lowest BCUT2D eigenvalue weighted by molar-refractivity contribution is -0.385. The van der Waals surface area contributed by atoms with Gasteiger partial charge in [-0.1, -0.05) is 17.7 Å². The van der Waals surface area contributed by atoms with Gasteiger partial charge in [0.15, 0.2) is 6.61 Å². The number of nitro benzene ring substituents is 1. The molecule has 8 heteroatoms. The van der Waals surface area contributed by atoms with Gasteiger partial charge in [0.05, 0.1) is 21.4 Å². The molecule has 2 rings (SSSR count). The summed E-state index contributed by atoms with van der Waals surface area (Å²) in [6.45, 7) is 1.74. The van der Waals surface area contributed by atoms with Crippen molar-refractivity contribution in [3.05, 3.63) is 55.2 Å². The molecular weight excluding hydrogens is 328 g/mol. The number of amides is 1. The minimum atomic E-state index is -0.483. The first-order valence-electron chi connectivity index (χ1n) is 6.35. The van der Waals surface area contributed by atoms with Crippen LogP contribution in [0.2, 0.25) is 4.34 Å². The van der Waals surface area contributed by atoms with Crippen molar-refractivity contribution in [2.24, 2.45) is 0 Å². The van der Waals surface area contributed by atoms with E-state index < -0.39 is 4.92 Å². The maximum Gasteiger partial charge on any atom is 0.276 e. The SMILES string of the molecule is Cc1c(OCC(=O)NCc2ccc(Cl)s2)cccc1[N+](=O)[O-]. The number of ether oxygens (including phenoxy) is 1. The van der Waals surface area contributed by atoms with Crippen molar-refractivity contribution in [1.82, 2.24) is 5.32 Å². The molecule has 0 unspecified atom stereocenters. The monoisotopic (exact) mass is 340 g/mol. The molecule has 0 aliphatic heterocycles. The van der Waals surface area contributed by atoms with Gasteiger partial charge in [-0.15, -0.1) is 11.3 Å². The molecule has 0 fully saturated rings. The predicted molar refractivity (Wildman–Crippen MR) is 84.5 cm³/mol. The Morgan fingerprint density at radius 2 is 2.18 bits per heavy atom. The van der Waals surface area contributed by atoms with Gasteiger partial charge in [-0.25, -0.2) is 0 Å². The van der Waals surface area contributed by atoms with Gasteiger partial charge in [0.1, 0.15) is 5.75 Å². The zero-order chi connectivity index (χ0) is 16.1. The number of hydrogen-bond donors (Lipinski definition) is 1. The Labute approximate surface area is 135 Å². The van der Waals surface area contributed by atoms with Crippen LogP contribution in [0.5, 0.6) is 5.75 Å². The fourth-order valence-electron chi connectivity index (χ4n) is 1.78. The minimum absolute atomic E-state index is 0.0360. The molecule has 0 saturated carbocycles. The van der Waals surface area contributed by atoms with E-state index in [2.05, 4.69) is 5.32 Å². The number of carbonyl (C=O) groups excluding carboxylic acids is 1. The van der Waals surface area contributed by atoms with Crippen LogP contribution in [0.25, 0.3) is 0 Å². The summed E-state index contributed by atoms with van der Waals surface area (Å²) in [5.74, 6) is 0.0129. The van der Waals surface area contributed by atoms with Crippen molar-refractivity contribution in [1.29, 1.82) is 0 Å². The normalized spacial score (nSPS) is 10.3. The maximum atomic E-state index is 11.7. The highest BCUT2D eigenvalue weighted by molar-refractivity contribution is 7.16. The van der Waals surface area contributed by atoms with E-state index in [0.717, 1.165) is 4.88 Å². The second-order valence-corrected chi connectivity index (χ2v) is 6.23. The van der Waals surface area contributed by atoms with Gasteiger partial charge in [0.2, 0.25) is 0 Å². The third-order valence-electron chi connectivity index (χ3n) is 2.90. The molecule has 0 aliphatic rings. The van der Waals surface area contributed by atoms with Gasteiger partial charge in [0.25, 0.3) is 11.6 Å². The van der Waals surface area contributed by atoms with Crippen molar-refractivity contribution >= 4 is 34.5 Å². The van der Waals surface area contributed by atoms with E-state index in [1.165, 1.54) is 23.5 Å². The second kappa shape index (κ2) is 7.24. The molecule has 22 heavy (non-hydrogen) atoms. The van der Waals surface area contributed by atoms with Crippen LogP contribution in [-0.4, -0.2) is 17.4 Å². The summed E-state index contributed by atoms with van der Waals surface area (Å²) in [7, 11) is 0. The standard InChI is InChI=1S/C14H13ClN2O4S/c1-9-11(17(19)20)3-2-4-12(9)21-8-14(18)16-7-10-5-6-13(15)22-10/h2-6H,7-8H2,1H3,(H,16,18). The van der Waals surface area contributed by atoms with Crippen molar-refractivity contribution in [2.75, 3.05) is 6.61 Å². The quantitative estimate of drug-likeness (QED) is 0.646. The Morgan fingerprint density at radius 1 is 1.41 bits per heavy atom. The first kappa shape index (κ1) is 16.3. The Hall–Kier alpha value is -2.12. The van der Waals surface area contributed by atoms with E-state index in [9.17, 15) is 14.9 Å². The molecule has 0 bridgehead atoms. The van der Waals surface area contributed by atoms with E-state index in [0.29, 0.717) is 22.2 Å². The molecular formula is C14H13ClN2O4S. The van der Waals surface area contributed by atoms with Gasteiger partial charge in [-0.2, -0.15) is 0 Å². The summed E-state index contributed by atoms with van der Waals surface area (Å²) in [6, 6.07) is 8.10. The molecule has 2 aromatic rings. The lowest BCUT2D eigenvalue weighted by Crippen LogP contribution is -2.28. The smallest absolute Gasteiger partial charge is 0.276 e. The van der Waals surface area contributed by atoms with Crippen LogP contribution in [-0.2, 0) is 11.3 Å². The topological polar surface area (TPSA) is 81.5 Å². The van der Waals surface area contributed by atoms with Crippen LogP contribution in [0.15, 0.2) is 30.3 Å². The van der Waals surface area contributed by atoms with E-state index in [4.69, 9.17) is 16.3 Å². The number of halogens is 1. The molecule has 0 saturated heterocycles. The molecule has 1 aromatic carbocycles. The highest BCUT2D eigenvalue weighted by atomic mass is 35.5. The van der Waals surface area contributed by atoms with Crippen LogP contribution in [0, 0.1) is 17.0 Å². The van der Waals surface area contributed by atoms with E-state index in [-0.39, 0.29) is 18.2 Å². The van der Waals surface area contributed by atoms with Gasteiger partial charge in [-0.3, -0.25) is 14.9 Å². The van der Waals surface area contributed by atoms with Crippen LogP contribution < -0.4 is 10.1 Å². The number of rotatable bonds is 6. The summed E-state index contributed by atoms with van der Waals surface area (Å²) in [5, 5.41) is 13.5. The zero-order valence-corrected chi connectivity index (χ0v) is 13.2. The molecule has 116 valence electrons. The highest BCUT2D eigenvalue weighted by Gasteiger charge is 2.15. The third kappa shape index (κ3) is 4.19. The van der Waals surface area contributed by atoms with Crippen molar-refractivity contribution in [3.63, 3.8) is 0 Å². The number of thiophene rings is 1. The Kier molecular flexibility index (Phi) is 5.35. The van der Waals surface area contributed by atoms with Crippen LogP contribution in [0.1, 0.15) is 10.4 Å². The Bertz CT molecular complexity index is 702.